The number of phosphoric acid groups is 1. The minimum Gasteiger partial charge on any atom is -0.465 e. The largest absolute Gasteiger partial charge is 0.472 e. The fourth-order valence-electron chi connectivity index (χ4n) is 1.75. The predicted octanol–water partition coefficient (Wildman–Crippen LogP) is 2.42. The molecule has 0 spiro atoms. The summed E-state index contributed by atoms with van der Waals surface area (Å²) in [5.41, 5.74) is -2.86. The number of ether oxygens (including phenoxy) is 3. The third-order valence-corrected chi connectivity index (χ3v) is 4.46. The average Bonchev–Trinajstić information content (AvgIpc) is 2.50. The molecule has 29 heavy (non-hydrogen) atoms. The maximum Gasteiger partial charge on any atom is 0.472 e. The summed E-state index contributed by atoms with van der Waals surface area (Å²) in [4.78, 5) is 54.0. The lowest BCUT2D eigenvalue weighted by Crippen LogP contribution is -2.42. The summed E-state index contributed by atoms with van der Waals surface area (Å²) in [5, 5.41) is 0. The molecule has 0 aliphatic rings. The van der Waals surface area contributed by atoms with Gasteiger partial charge in [-0.3, -0.25) is 14.4 Å². The first-order valence-electron chi connectivity index (χ1n) is 9.00. The van der Waals surface area contributed by atoms with Gasteiger partial charge in [-0.2, -0.15) is 0 Å². The van der Waals surface area contributed by atoms with E-state index in [0.717, 1.165) is 0 Å². The van der Waals surface area contributed by atoms with Crippen LogP contribution < -0.4 is 0 Å². The third-order valence-electron chi connectivity index (χ3n) is 4.01. The summed E-state index contributed by atoms with van der Waals surface area (Å²) < 4.78 is 30.2. The van der Waals surface area contributed by atoms with Gasteiger partial charge in [0.2, 0.25) is 6.79 Å². The number of hydrogen-bond acceptors (Lipinski definition) is 8. The second kappa shape index (κ2) is 10.0. The lowest BCUT2D eigenvalue weighted by molar-refractivity contribution is -0.175. The summed E-state index contributed by atoms with van der Waals surface area (Å²) >= 11 is 0. The molecule has 0 saturated carbocycles. The van der Waals surface area contributed by atoms with Crippen LogP contribution in [0.1, 0.15) is 55.4 Å². The van der Waals surface area contributed by atoms with Gasteiger partial charge in [0.05, 0.1) is 29.5 Å². The van der Waals surface area contributed by atoms with Crippen molar-refractivity contribution in [3.05, 3.63) is 0 Å². The van der Waals surface area contributed by atoms with E-state index in [4.69, 9.17) is 24.0 Å². The van der Waals surface area contributed by atoms with Crippen molar-refractivity contribution in [2.75, 3.05) is 20.0 Å². The molecule has 0 rings (SSSR count). The van der Waals surface area contributed by atoms with E-state index in [-0.39, 0.29) is 13.2 Å². The molecule has 0 atom stereocenters. The van der Waals surface area contributed by atoms with Gasteiger partial charge in [-0.1, -0.05) is 0 Å². The van der Waals surface area contributed by atoms with E-state index in [1.165, 1.54) is 13.8 Å². The number of hydrogen-bond donors (Lipinski definition) is 2. The Hall–Kier alpha value is -1.48. The smallest absolute Gasteiger partial charge is 0.465 e. The van der Waals surface area contributed by atoms with Gasteiger partial charge >= 0.3 is 25.7 Å². The number of rotatable bonds is 9. The van der Waals surface area contributed by atoms with Crippen LogP contribution in [-0.4, -0.2) is 47.7 Å². The van der Waals surface area contributed by atoms with Gasteiger partial charge < -0.3 is 24.0 Å². The second-order valence-corrected chi connectivity index (χ2v) is 10.5. The van der Waals surface area contributed by atoms with Crippen LogP contribution >= 0.6 is 7.82 Å². The van der Waals surface area contributed by atoms with Crippen molar-refractivity contribution in [1.29, 1.82) is 0 Å². The Morgan fingerprint density at radius 1 is 0.759 bits per heavy atom. The summed E-state index contributed by atoms with van der Waals surface area (Å²) in [6.45, 7) is 11.6. The minimum absolute atomic E-state index is 0.227. The van der Waals surface area contributed by atoms with Crippen molar-refractivity contribution in [3.63, 3.8) is 0 Å². The number of esters is 3. The first kappa shape index (κ1) is 27.5. The van der Waals surface area contributed by atoms with Gasteiger partial charge in [0.15, 0.2) is 0 Å². The van der Waals surface area contributed by atoms with Crippen LogP contribution in [0, 0.1) is 22.2 Å². The summed E-state index contributed by atoms with van der Waals surface area (Å²) in [6, 6.07) is 0. The van der Waals surface area contributed by atoms with Gasteiger partial charge in [-0.15, -0.1) is 0 Å². The van der Waals surface area contributed by atoms with Crippen molar-refractivity contribution < 1.29 is 47.5 Å². The number of carbonyl (C=O) groups excluding carboxylic acids is 3. The maximum atomic E-state index is 12.4. The van der Waals surface area contributed by atoms with E-state index < -0.39 is 54.7 Å². The normalized spacial score (nSPS) is 13.2. The molecule has 0 amide bonds. The van der Waals surface area contributed by atoms with Crippen molar-refractivity contribution >= 4 is 25.7 Å². The molecule has 0 radical (unpaired) electrons. The van der Waals surface area contributed by atoms with Crippen LogP contribution in [0.5, 0.6) is 0 Å². The van der Waals surface area contributed by atoms with E-state index in [2.05, 4.69) is 4.52 Å². The van der Waals surface area contributed by atoms with Crippen LogP contribution in [-0.2, 0) is 37.7 Å². The average molecular weight is 440 g/mol. The lowest BCUT2D eigenvalue weighted by Gasteiger charge is -2.32. The van der Waals surface area contributed by atoms with Gasteiger partial charge in [-0.25, -0.2) is 9.09 Å². The van der Waals surface area contributed by atoms with Crippen LogP contribution in [0.2, 0.25) is 0 Å². The van der Waals surface area contributed by atoms with Crippen LogP contribution in [0.4, 0.5) is 0 Å². The minimum atomic E-state index is -4.80. The highest BCUT2D eigenvalue weighted by Gasteiger charge is 2.41. The van der Waals surface area contributed by atoms with E-state index >= 15 is 0 Å². The van der Waals surface area contributed by atoms with Gasteiger partial charge in [-0.05, 0) is 55.4 Å². The molecule has 0 aliphatic heterocycles. The molecule has 0 saturated heterocycles. The van der Waals surface area contributed by atoms with Crippen LogP contribution in [0.3, 0.4) is 0 Å². The van der Waals surface area contributed by atoms with E-state index in [0.29, 0.717) is 0 Å². The van der Waals surface area contributed by atoms with Gasteiger partial charge in [0.1, 0.15) is 0 Å². The fourth-order valence-corrected chi connectivity index (χ4v) is 1.94. The van der Waals surface area contributed by atoms with Gasteiger partial charge in [0, 0.05) is 5.92 Å². The van der Waals surface area contributed by atoms with Crippen molar-refractivity contribution in [2.24, 2.45) is 22.2 Å². The molecule has 0 aromatic rings. The molecule has 0 aliphatic carbocycles. The predicted molar refractivity (Wildman–Crippen MR) is 102 cm³/mol. The van der Waals surface area contributed by atoms with E-state index in [1.807, 2.05) is 0 Å². The van der Waals surface area contributed by atoms with Crippen molar-refractivity contribution in [2.45, 2.75) is 55.4 Å². The maximum absolute atomic E-state index is 12.4. The Labute approximate surface area is 171 Å². The first-order chi connectivity index (χ1) is 12.8. The Morgan fingerprint density at radius 3 is 1.45 bits per heavy atom. The molecule has 11 heteroatoms. The summed E-state index contributed by atoms with van der Waals surface area (Å²) in [5.74, 6) is -2.64. The van der Waals surface area contributed by atoms with Crippen molar-refractivity contribution in [1.82, 2.24) is 0 Å². The molecule has 0 unspecified atom stereocenters. The van der Waals surface area contributed by atoms with E-state index in [9.17, 15) is 18.9 Å². The topological polar surface area (TPSA) is 146 Å². The molecule has 10 nitrogen and oxygen atoms in total. The second-order valence-electron chi connectivity index (χ2n) is 9.28. The Kier molecular flexibility index (Phi) is 9.51. The van der Waals surface area contributed by atoms with Crippen LogP contribution in [0.15, 0.2) is 0 Å². The SMILES string of the molecule is CC(C)(C)C(=O)OCC(COC(=O)C(C)(C)C)C(C)(C)C(=O)OCOP(=O)(O)O. The molecule has 0 heterocycles. The molecule has 0 fully saturated rings. The summed E-state index contributed by atoms with van der Waals surface area (Å²) in [6.07, 6.45) is 0. The Balaban J connectivity index is 5.30. The Morgan fingerprint density at radius 2 is 1.14 bits per heavy atom. The molecular formula is C18H33O10P. The van der Waals surface area contributed by atoms with E-state index in [1.54, 1.807) is 41.5 Å². The molecule has 2 N–H and O–H groups in total. The molecule has 0 aromatic heterocycles. The third kappa shape index (κ3) is 10.2. The molecule has 170 valence electrons. The quantitative estimate of drug-likeness (QED) is 0.237. The highest BCUT2D eigenvalue weighted by atomic mass is 31.2. The summed E-state index contributed by atoms with van der Waals surface area (Å²) in [7, 11) is -4.80. The number of phosphoric ester groups is 1. The fraction of sp³-hybridized carbons (Fsp3) is 0.833. The molecule has 0 aromatic carbocycles. The standard InChI is InChI=1S/C18H33O10P/c1-16(2,3)13(19)25-9-12(10-26-14(20)17(4,5)6)18(7,8)15(21)27-11-28-29(22,23)24/h12H,9-11H2,1-8H3,(H2,22,23,24). The highest BCUT2D eigenvalue weighted by Crippen LogP contribution is 2.36. The zero-order valence-electron chi connectivity index (χ0n) is 18.3. The lowest BCUT2D eigenvalue weighted by atomic mass is 9.79. The van der Waals surface area contributed by atoms with Gasteiger partial charge in [0.25, 0.3) is 0 Å². The highest BCUT2D eigenvalue weighted by molar-refractivity contribution is 7.46. The zero-order valence-corrected chi connectivity index (χ0v) is 19.2. The monoisotopic (exact) mass is 440 g/mol. The zero-order chi connectivity index (χ0) is 23.3. The first-order valence-corrected chi connectivity index (χ1v) is 10.5. The molecule has 0 bridgehead atoms. The van der Waals surface area contributed by atoms with Crippen molar-refractivity contribution in [3.8, 4) is 0 Å². The Bertz CT molecular complexity index is 606. The van der Waals surface area contributed by atoms with Crippen LogP contribution in [0.25, 0.3) is 0 Å². The molecular weight excluding hydrogens is 407 g/mol. The number of carbonyl (C=O) groups is 3.